The normalized spacial score (nSPS) is 11.9. The molecule has 4 aromatic carbocycles. The number of rotatable bonds is 17. The molecule has 12 heteroatoms. The van der Waals surface area contributed by atoms with Gasteiger partial charge in [0.2, 0.25) is 23.5 Å². The van der Waals surface area contributed by atoms with Crippen molar-refractivity contribution in [1.29, 1.82) is 0 Å². The predicted molar refractivity (Wildman–Crippen MR) is 192 cm³/mol. The number of benzene rings is 4. The number of carbonyl (C=O) groups excluding carboxylic acids is 3. The van der Waals surface area contributed by atoms with Crippen molar-refractivity contribution in [3.8, 4) is 40.2 Å². The first-order chi connectivity index (χ1) is 24.5. The molecule has 0 heterocycles. The summed E-state index contributed by atoms with van der Waals surface area (Å²) in [6, 6.07) is 22.6. The second-order valence-corrected chi connectivity index (χ2v) is 12.0. The van der Waals surface area contributed by atoms with Gasteiger partial charge in [-0.1, -0.05) is 44.2 Å². The van der Waals surface area contributed by atoms with E-state index in [1.807, 2.05) is 30.3 Å². The molecule has 0 bridgehead atoms. The minimum absolute atomic E-state index is 0.0202. The van der Waals surface area contributed by atoms with Crippen molar-refractivity contribution in [3.63, 3.8) is 0 Å². The van der Waals surface area contributed by atoms with Gasteiger partial charge in [0.05, 0.1) is 34.9 Å². The number of carbonyl (C=O) groups is 3. The van der Waals surface area contributed by atoms with Gasteiger partial charge in [-0.05, 0) is 65.6 Å². The molecule has 0 aliphatic carbocycles. The van der Waals surface area contributed by atoms with Crippen LogP contribution in [0.1, 0.15) is 30.5 Å². The maximum Gasteiger partial charge on any atom is 0.243 e. The van der Waals surface area contributed by atoms with Crippen LogP contribution in [0.5, 0.6) is 40.2 Å². The molecule has 0 spiro atoms. The first-order valence-electron chi connectivity index (χ1n) is 16.4. The van der Waals surface area contributed by atoms with E-state index in [1.54, 1.807) is 62.4 Å². The fourth-order valence-corrected chi connectivity index (χ4v) is 5.37. The van der Waals surface area contributed by atoms with Crippen LogP contribution in [0, 0.1) is 5.92 Å². The van der Waals surface area contributed by atoms with Gasteiger partial charge in [0, 0.05) is 24.6 Å². The van der Waals surface area contributed by atoms with Crippen molar-refractivity contribution in [1.82, 2.24) is 16.0 Å². The highest BCUT2D eigenvalue weighted by molar-refractivity contribution is 5.92. The summed E-state index contributed by atoms with van der Waals surface area (Å²) in [5, 5.41) is 18.8. The lowest BCUT2D eigenvalue weighted by molar-refractivity contribution is -0.132. The number of amides is 3. The van der Waals surface area contributed by atoms with Gasteiger partial charge in [0.15, 0.2) is 11.5 Å². The Morgan fingerprint density at radius 2 is 1.37 bits per heavy atom. The zero-order valence-corrected chi connectivity index (χ0v) is 29.6. The largest absolute Gasteiger partial charge is 0.507 e. The lowest BCUT2D eigenvalue weighted by atomic mass is 10.00. The molecule has 0 aromatic heterocycles. The van der Waals surface area contributed by atoms with E-state index in [1.165, 1.54) is 34.5 Å². The molecule has 0 radical (unpaired) electrons. The summed E-state index contributed by atoms with van der Waals surface area (Å²) in [4.78, 5) is 40.9. The van der Waals surface area contributed by atoms with Crippen molar-refractivity contribution < 1.29 is 43.2 Å². The van der Waals surface area contributed by atoms with E-state index in [9.17, 15) is 19.5 Å². The number of para-hydroxylation sites is 1. The maximum absolute atomic E-state index is 14.0. The van der Waals surface area contributed by atoms with Crippen LogP contribution in [0.2, 0.25) is 0 Å². The fourth-order valence-electron chi connectivity index (χ4n) is 5.37. The molecule has 0 aliphatic rings. The lowest BCUT2D eigenvalue weighted by Crippen LogP contribution is -2.56. The summed E-state index contributed by atoms with van der Waals surface area (Å²) in [6.45, 7) is 3.62. The van der Waals surface area contributed by atoms with Crippen LogP contribution >= 0.6 is 0 Å². The number of aromatic hydroxyl groups is 1. The average molecular weight is 700 g/mol. The number of hydrogen-bond acceptors (Lipinski definition) is 9. The molecule has 270 valence electrons. The van der Waals surface area contributed by atoms with Crippen molar-refractivity contribution in [2.45, 2.75) is 45.3 Å². The van der Waals surface area contributed by atoms with Gasteiger partial charge in [0.1, 0.15) is 35.1 Å². The molecule has 0 fully saturated rings. The van der Waals surface area contributed by atoms with E-state index >= 15 is 0 Å². The number of ether oxygens (including phenoxy) is 5. The molecule has 2 unspecified atom stereocenters. The van der Waals surface area contributed by atoms with Gasteiger partial charge in [-0.2, -0.15) is 0 Å². The minimum Gasteiger partial charge on any atom is -0.507 e. The number of phenols is 1. The van der Waals surface area contributed by atoms with E-state index in [0.717, 1.165) is 0 Å². The van der Waals surface area contributed by atoms with Crippen LogP contribution in [0.3, 0.4) is 0 Å². The molecule has 2 atom stereocenters. The second-order valence-electron chi connectivity index (χ2n) is 12.0. The van der Waals surface area contributed by atoms with Crippen molar-refractivity contribution >= 4 is 17.7 Å². The highest BCUT2D eigenvalue weighted by Gasteiger charge is 2.30. The average Bonchev–Trinajstić information content (AvgIpc) is 3.12. The molecular formula is C39H45N3O9. The van der Waals surface area contributed by atoms with Crippen LogP contribution in [-0.2, 0) is 33.8 Å². The van der Waals surface area contributed by atoms with E-state index in [0.29, 0.717) is 51.2 Å². The van der Waals surface area contributed by atoms with Gasteiger partial charge in [0.25, 0.3) is 0 Å². The molecule has 4 aromatic rings. The number of nitrogens with one attached hydrogen (secondary N) is 3. The van der Waals surface area contributed by atoms with Gasteiger partial charge in [-0.3, -0.25) is 14.4 Å². The summed E-state index contributed by atoms with van der Waals surface area (Å²) in [5.74, 6) is 1.05. The Bertz CT molecular complexity index is 1770. The van der Waals surface area contributed by atoms with Crippen LogP contribution in [-0.4, -0.2) is 63.4 Å². The standard InChI is InChI=1S/C39H45N3O9/c1-24(2)36(39(46)40-23-27-15-16-29(47-3)22-32(27)43)42-38(45)31(18-26-19-33(48-4)37(50-6)34(20-26)49-5)41-35(44)21-25-11-10-14-30(17-25)51-28-12-8-7-9-13-28/h7-17,19-20,22,24,31,36,43H,18,21,23H2,1-6H3,(H,40,46)(H,41,44)(H,42,45). The van der Waals surface area contributed by atoms with Crippen LogP contribution in [0.15, 0.2) is 84.9 Å². The van der Waals surface area contributed by atoms with E-state index in [4.69, 9.17) is 23.7 Å². The summed E-state index contributed by atoms with van der Waals surface area (Å²) in [5.41, 5.74) is 1.77. The fraction of sp³-hybridized carbons (Fsp3) is 0.308. The summed E-state index contributed by atoms with van der Waals surface area (Å²) in [7, 11) is 5.95. The van der Waals surface area contributed by atoms with E-state index in [-0.39, 0.29) is 31.1 Å². The van der Waals surface area contributed by atoms with Crippen molar-refractivity contribution in [3.05, 3.63) is 102 Å². The quantitative estimate of drug-likeness (QED) is 0.120. The highest BCUT2D eigenvalue weighted by atomic mass is 16.5. The Morgan fingerprint density at radius 3 is 1.98 bits per heavy atom. The monoisotopic (exact) mass is 699 g/mol. The van der Waals surface area contributed by atoms with Crippen molar-refractivity contribution in [2.75, 3.05) is 28.4 Å². The van der Waals surface area contributed by atoms with Crippen LogP contribution in [0.4, 0.5) is 0 Å². The molecule has 12 nitrogen and oxygen atoms in total. The molecule has 0 aliphatic heterocycles. The van der Waals surface area contributed by atoms with Crippen LogP contribution in [0.25, 0.3) is 0 Å². The Kier molecular flexibility index (Phi) is 13.5. The number of phenolic OH excluding ortho intramolecular Hbond substituents is 1. The SMILES string of the molecule is COc1ccc(CNC(=O)C(NC(=O)C(Cc2cc(OC)c(OC)c(OC)c2)NC(=O)Cc2cccc(Oc3ccccc3)c2)C(C)C)c(O)c1. The Balaban J connectivity index is 1.54. The third-order valence-corrected chi connectivity index (χ3v) is 8.05. The van der Waals surface area contributed by atoms with Gasteiger partial charge in [-0.15, -0.1) is 0 Å². The summed E-state index contributed by atoms with van der Waals surface area (Å²) >= 11 is 0. The van der Waals surface area contributed by atoms with Gasteiger partial charge < -0.3 is 44.7 Å². The Hall–Kier alpha value is -5.91. The summed E-state index contributed by atoms with van der Waals surface area (Å²) in [6.07, 6.45) is 0.00206. The van der Waals surface area contributed by atoms with E-state index in [2.05, 4.69) is 16.0 Å². The molecular weight excluding hydrogens is 654 g/mol. The molecule has 4 rings (SSSR count). The molecule has 0 saturated carbocycles. The summed E-state index contributed by atoms with van der Waals surface area (Å²) < 4.78 is 27.5. The van der Waals surface area contributed by atoms with Crippen molar-refractivity contribution in [2.24, 2.45) is 5.92 Å². The maximum atomic E-state index is 14.0. The molecule has 4 N–H and O–H groups in total. The highest BCUT2D eigenvalue weighted by Crippen LogP contribution is 2.38. The Labute approximate surface area is 298 Å². The molecule has 0 saturated heterocycles. The number of hydrogen-bond donors (Lipinski definition) is 4. The first kappa shape index (κ1) is 37.9. The van der Waals surface area contributed by atoms with Gasteiger partial charge >= 0.3 is 0 Å². The molecule has 3 amide bonds. The lowest BCUT2D eigenvalue weighted by Gasteiger charge is -2.26. The first-order valence-corrected chi connectivity index (χ1v) is 16.4. The van der Waals surface area contributed by atoms with Gasteiger partial charge in [-0.25, -0.2) is 0 Å². The third kappa shape index (κ3) is 10.5. The topological polar surface area (TPSA) is 154 Å². The molecule has 51 heavy (non-hydrogen) atoms. The minimum atomic E-state index is -1.09. The predicted octanol–water partition coefficient (Wildman–Crippen LogP) is 4.95. The Morgan fingerprint density at radius 1 is 0.686 bits per heavy atom. The smallest absolute Gasteiger partial charge is 0.243 e. The zero-order valence-electron chi connectivity index (χ0n) is 29.6. The zero-order chi connectivity index (χ0) is 36.9. The van der Waals surface area contributed by atoms with Crippen LogP contribution < -0.4 is 39.6 Å². The third-order valence-electron chi connectivity index (χ3n) is 8.05. The second kappa shape index (κ2) is 18.2. The van der Waals surface area contributed by atoms with E-state index < -0.39 is 29.8 Å². The number of methoxy groups -OCH3 is 4.